The molecule has 0 spiro atoms. The fourth-order valence-corrected chi connectivity index (χ4v) is 2.72. The summed E-state index contributed by atoms with van der Waals surface area (Å²) < 4.78 is 0. The zero-order valence-electron chi connectivity index (χ0n) is 10.3. The number of pyridine rings is 1. The number of aromatic nitrogens is 1. The van der Waals surface area contributed by atoms with Gasteiger partial charge in [0.25, 0.3) is 0 Å². The average Bonchev–Trinajstić information content (AvgIpc) is 2.79. The van der Waals surface area contributed by atoms with Crippen molar-refractivity contribution in [3.05, 3.63) is 58.4 Å². The summed E-state index contributed by atoms with van der Waals surface area (Å²) in [7, 11) is 0. The van der Waals surface area contributed by atoms with Crippen LogP contribution in [0.4, 0.5) is 5.69 Å². The molecule has 0 aliphatic heterocycles. The second-order valence-electron chi connectivity index (χ2n) is 4.71. The first-order valence-electron chi connectivity index (χ1n) is 6.21. The topological polar surface area (TPSA) is 24.9 Å². The molecule has 0 bridgehead atoms. The zero-order valence-corrected chi connectivity index (χ0v) is 11.0. The third-order valence-electron chi connectivity index (χ3n) is 3.61. The molecule has 0 fully saturated rings. The molecule has 0 unspecified atom stereocenters. The Labute approximate surface area is 112 Å². The number of benzene rings is 1. The predicted octanol–water partition coefficient (Wildman–Crippen LogP) is 4.14. The van der Waals surface area contributed by atoms with Crippen molar-refractivity contribution < 1.29 is 0 Å². The fourth-order valence-electron chi connectivity index (χ4n) is 2.56. The van der Waals surface area contributed by atoms with Crippen molar-refractivity contribution in [3.8, 4) is 0 Å². The second kappa shape index (κ2) is 4.62. The van der Waals surface area contributed by atoms with E-state index >= 15 is 0 Å². The molecular formula is C15H15ClN2. The molecule has 3 heteroatoms. The van der Waals surface area contributed by atoms with Crippen LogP contribution in [0.1, 0.15) is 29.2 Å². The highest BCUT2D eigenvalue weighted by atomic mass is 35.5. The molecule has 1 aromatic carbocycles. The van der Waals surface area contributed by atoms with Gasteiger partial charge in [-0.3, -0.25) is 0 Å². The van der Waals surface area contributed by atoms with Crippen LogP contribution in [0.5, 0.6) is 0 Å². The molecule has 0 saturated heterocycles. The minimum Gasteiger partial charge on any atom is -0.378 e. The molecular weight excluding hydrogens is 244 g/mol. The van der Waals surface area contributed by atoms with Crippen LogP contribution >= 0.6 is 11.6 Å². The molecule has 1 aromatic heterocycles. The molecule has 0 radical (unpaired) electrons. The molecule has 1 heterocycles. The molecule has 1 N–H and O–H groups in total. The van der Waals surface area contributed by atoms with Crippen LogP contribution in [-0.4, -0.2) is 4.98 Å². The van der Waals surface area contributed by atoms with E-state index in [9.17, 15) is 0 Å². The van der Waals surface area contributed by atoms with E-state index in [0.29, 0.717) is 11.2 Å². The van der Waals surface area contributed by atoms with E-state index in [4.69, 9.17) is 11.6 Å². The van der Waals surface area contributed by atoms with Crippen LogP contribution in [0.15, 0.2) is 36.5 Å². The first-order chi connectivity index (χ1) is 8.75. The Morgan fingerprint density at radius 2 is 2.11 bits per heavy atom. The monoisotopic (exact) mass is 258 g/mol. The van der Waals surface area contributed by atoms with Crippen molar-refractivity contribution in [1.29, 1.82) is 0 Å². The number of hydrogen-bond acceptors (Lipinski definition) is 2. The van der Waals surface area contributed by atoms with Crippen molar-refractivity contribution >= 4 is 17.3 Å². The lowest BCUT2D eigenvalue weighted by molar-refractivity contribution is 0.761. The summed E-state index contributed by atoms with van der Waals surface area (Å²) in [6, 6.07) is 11.0. The summed E-state index contributed by atoms with van der Waals surface area (Å²) in [5.41, 5.74) is 4.96. The van der Waals surface area contributed by atoms with E-state index in [2.05, 4.69) is 34.6 Å². The second-order valence-corrected chi connectivity index (χ2v) is 5.07. The SMILES string of the molecule is Cc1c(N[C@H]2CCc3ccccc32)ccnc1Cl. The number of nitrogens with one attached hydrogen (secondary N) is 1. The lowest BCUT2D eigenvalue weighted by Gasteiger charge is -2.17. The molecule has 92 valence electrons. The molecule has 2 nitrogen and oxygen atoms in total. The summed E-state index contributed by atoms with van der Waals surface area (Å²) in [4.78, 5) is 4.08. The molecule has 0 saturated carbocycles. The van der Waals surface area contributed by atoms with Crippen LogP contribution in [0, 0.1) is 6.92 Å². The van der Waals surface area contributed by atoms with E-state index in [-0.39, 0.29) is 0 Å². The molecule has 2 aromatic rings. The van der Waals surface area contributed by atoms with Gasteiger partial charge in [-0.05, 0) is 37.0 Å². The van der Waals surface area contributed by atoms with Gasteiger partial charge in [0, 0.05) is 17.4 Å². The van der Waals surface area contributed by atoms with Gasteiger partial charge in [0.1, 0.15) is 5.15 Å². The van der Waals surface area contributed by atoms with Crippen LogP contribution in [0.2, 0.25) is 5.15 Å². The maximum Gasteiger partial charge on any atom is 0.133 e. The maximum atomic E-state index is 6.05. The Balaban J connectivity index is 1.89. The minimum atomic E-state index is 0.387. The van der Waals surface area contributed by atoms with Gasteiger partial charge in [0.05, 0.1) is 6.04 Å². The summed E-state index contributed by atoms with van der Waals surface area (Å²) in [6.07, 6.45) is 4.03. The van der Waals surface area contributed by atoms with Gasteiger partial charge in [0.15, 0.2) is 0 Å². The Morgan fingerprint density at radius 3 is 3.00 bits per heavy atom. The third kappa shape index (κ3) is 1.97. The van der Waals surface area contributed by atoms with Gasteiger partial charge >= 0.3 is 0 Å². The molecule has 0 amide bonds. The smallest absolute Gasteiger partial charge is 0.133 e. The van der Waals surface area contributed by atoms with Gasteiger partial charge in [-0.1, -0.05) is 35.9 Å². The van der Waals surface area contributed by atoms with E-state index < -0.39 is 0 Å². The van der Waals surface area contributed by atoms with Crippen molar-refractivity contribution in [2.45, 2.75) is 25.8 Å². The third-order valence-corrected chi connectivity index (χ3v) is 3.99. The summed E-state index contributed by atoms with van der Waals surface area (Å²) in [5, 5.41) is 4.16. The maximum absolute atomic E-state index is 6.05. The van der Waals surface area contributed by atoms with Crippen LogP contribution in [0.25, 0.3) is 0 Å². The predicted molar refractivity (Wildman–Crippen MR) is 75.1 cm³/mol. The number of rotatable bonds is 2. The first-order valence-corrected chi connectivity index (χ1v) is 6.59. The Bertz CT molecular complexity index is 580. The zero-order chi connectivity index (χ0) is 12.5. The molecule has 1 aliphatic carbocycles. The van der Waals surface area contributed by atoms with Crippen molar-refractivity contribution in [1.82, 2.24) is 4.98 Å². The quantitative estimate of drug-likeness (QED) is 0.819. The molecule has 3 rings (SSSR count). The first kappa shape index (κ1) is 11.5. The minimum absolute atomic E-state index is 0.387. The van der Waals surface area contributed by atoms with Crippen LogP contribution in [-0.2, 0) is 6.42 Å². The standard InChI is InChI=1S/C15H15ClN2/c1-10-13(8-9-17-15(10)16)18-14-7-6-11-4-2-3-5-12(11)14/h2-5,8-9,14H,6-7H2,1H3,(H,17,18)/t14-/m0/s1. The normalized spacial score (nSPS) is 17.6. The summed E-state index contributed by atoms with van der Waals surface area (Å²) >= 11 is 6.05. The van der Waals surface area contributed by atoms with E-state index in [0.717, 1.165) is 24.1 Å². The van der Waals surface area contributed by atoms with Crippen molar-refractivity contribution in [2.24, 2.45) is 0 Å². The number of nitrogens with zero attached hydrogens (tertiary/aromatic N) is 1. The lowest BCUT2D eigenvalue weighted by Crippen LogP contribution is -2.08. The van der Waals surface area contributed by atoms with Gasteiger partial charge < -0.3 is 5.32 Å². The number of hydrogen-bond donors (Lipinski definition) is 1. The van der Waals surface area contributed by atoms with Crippen molar-refractivity contribution in [3.63, 3.8) is 0 Å². The number of fused-ring (bicyclic) bond motifs is 1. The van der Waals surface area contributed by atoms with E-state index in [1.807, 2.05) is 13.0 Å². The Kier molecular flexibility index (Phi) is 2.96. The molecule has 1 aliphatic rings. The summed E-state index contributed by atoms with van der Waals surface area (Å²) in [5.74, 6) is 0. The van der Waals surface area contributed by atoms with E-state index in [1.54, 1.807) is 6.20 Å². The fraction of sp³-hybridized carbons (Fsp3) is 0.267. The van der Waals surface area contributed by atoms with Crippen molar-refractivity contribution in [2.75, 3.05) is 5.32 Å². The average molecular weight is 259 g/mol. The van der Waals surface area contributed by atoms with Crippen LogP contribution < -0.4 is 5.32 Å². The highest BCUT2D eigenvalue weighted by molar-refractivity contribution is 6.30. The highest BCUT2D eigenvalue weighted by Crippen LogP contribution is 2.34. The summed E-state index contributed by atoms with van der Waals surface area (Å²) in [6.45, 7) is 2.00. The van der Waals surface area contributed by atoms with E-state index in [1.165, 1.54) is 11.1 Å². The Morgan fingerprint density at radius 1 is 1.28 bits per heavy atom. The molecule has 18 heavy (non-hydrogen) atoms. The highest BCUT2D eigenvalue weighted by Gasteiger charge is 2.22. The lowest BCUT2D eigenvalue weighted by atomic mass is 10.1. The van der Waals surface area contributed by atoms with Gasteiger partial charge in [0.2, 0.25) is 0 Å². The van der Waals surface area contributed by atoms with Gasteiger partial charge in [-0.25, -0.2) is 4.98 Å². The Hall–Kier alpha value is -1.54. The number of aryl methyl sites for hydroxylation is 1. The number of anilines is 1. The number of halogens is 1. The molecule has 1 atom stereocenters. The largest absolute Gasteiger partial charge is 0.378 e. The van der Waals surface area contributed by atoms with Crippen LogP contribution in [0.3, 0.4) is 0 Å². The van der Waals surface area contributed by atoms with Gasteiger partial charge in [-0.15, -0.1) is 0 Å². The van der Waals surface area contributed by atoms with Gasteiger partial charge in [-0.2, -0.15) is 0 Å².